The van der Waals surface area contributed by atoms with E-state index in [0.717, 1.165) is 38.3 Å². The second kappa shape index (κ2) is 7.27. The fraction of sp³-hybridized carbons (Fsp3) is 0.444. The zero-order valence-electron chi connectivity index (χ0n) is 13.3. The molecular weight excluding hydrogens is 292 g/mol. The molecule has 1 aliphatic heterocycles. The fourth-order valence-corrected chi connectivity index (χ4v) is 4.15. The first-order valence-electron chi connectivity index (χ1n) is 7.99. The highest BCUT2D eigenvalue weighted by atomic mass is 32.1. The number of ether oxygens (including phenoxy) is 1. The molecule has 1 unspecified atom stereocenters. The number of hydrogen-bond acceptors (Lipinski definition) is 4. The molecule has 0 saturated carbocycles. The summed E-state index contributed by atoms with van der Waals surface area (Å²) in [6.07, 6.45) is 1.11. The standard InChI is InChI=1S/C18H24N2OS/c1-3-16-7-8-17(22-16)18(20-11-9-19-10-12-20)14-5-4-6-15(13-14)21-2/h4-8,13,18-19H,3,9-12H2,1-2H3. The molecule has 1 fully saturated rings. The van der Waals surface area contributed by atoms with Crippen molar-refractivity contribution in [2.24, 2.45) is 0 Å². The zero-order valence-corrected chi connectivity index (χ0v) is 14.2. The second-order valence-electron chi connectivity index (χ2n) is 5.62. The third-order valence-corrected chi connectivity index (χ3v) is 5.51. The molecule has 4 heteroatoms. The van der Waals surface area contributed by atoms with Gasteiger partial charge in [-0.3, -0.25) is 4.90 Å². The first-order valence-corrected chi connectivity index (χ1v) is 8.80. The predicted molar refractivity (Wildman–Crippen MR) is 93.0 cm³/mol. The van der Waals surface area contributed by atoms with Crippen LogP contribution in [0, 0.1) is 0 Å². The molecule has 1 N–H and O–H groups in total. The van der Waals surface area contributed by atoms with Crippen LogP contribution in [-0.4, -0.2) is 38.2 Å². The van der Waals surface area contributed by atoms with Gasteiger partial charge in [-0.1, -0.05) is 19.1 Å². The van der Waals surface area contributed by atoms with Gasteiger partial charge in [-0.15, -0.1) is 11.3 Å². The molecule has 22 heavy (non-hydrogen) atoms. The summed E-state index contributed by atoms with van der Waals surface area (Å²) >= 11 is 1.94. The minimum atomic E-state index is 0.336. The lowest BCUT2D eigenvalue weighted by atomic mass is 10.0. The second-order valence-corrected chi connectivity index (χ2v) is 6.82. The summed E-state index contributed by atoms with van der Waals surface area (Å²) in [7, 11) is 1.74. The molecule has 1 saturated heterocycles. The molecule has 1 aromatic heterocycles. The molecule has 0 bridgehead atoms. The highest BCUT2D eigenvalue weighted by Gasteiger charge is 2.25. The molecule has 3 nitrogen and oxygen atoms in total. The Morgan fingerprint density at radius 2 is 2.05 bits per heavy atom. The number of methoxy groups -OCH3 is 1. The average Bonchev–Trinajstić information content (AvgIpc) is 3.05. The van der Waals surface area contributed by atoms with Crippen LogP contribution in [0.4, 0.5) is 0 Å². The summed E-state index contributed by atoms with van der Waals surface area (Å²) < 4.78 is 5.43. The summed E-state index contributed by atoms with van der Waals surface area (Å²) in [5.41, 5.74) is 1.32. The molecule has 0 aliphatic carbocycles. The van der Waals surface area contributed by atoms with Crippen molar-refractivity contribution in [3.63, 3.8) is 0 Å². The highest BCUT2D eigenvalue weighted by Crippen LogP contribution is 2.35. The monoisotopic (exact) mass is 316 g/mol. The van der Waals surface area contributed by atoms with Crippen LogP contribution < -0.4 is 10.1 Å². The first-order chi connectivity index (χ1) is 10.8. The molecule has 1 aliphatic rings. The third kappa shape index (κ3) is 3.35. The number of benzene rings is 1. The topological polar surface area (TPSA) is 24.5 Å². The van der Waals surface area contributed by atoms with E-state index in [4.69, 9.17) is 4.74 Å². The van der Waals surface area contributed by atoms with Gasteiger partial charge >= 0.3 is 0 Å². The molecule has 118 valence electrons. The molecule has 0 spiro atoms. The van der Waals surface area contributed by atoms with Gasteiger partial charge < -0.3 is 10.1 Å². The van der Waals surface area contributed by atoms with Crippen LogP contribution in [0.2, 0.25) is 0 Å². The molecule has 1 atom stereocenters. The fourth-order valence-electron chi connectivity index (χ4n) is 3.04. The Kier molecular flexibility index (Phi) is 5.13. The Morgan fingerprint density at radius 1 is 1.23 bits per heavy atom. The Labute approximate surface area is 136 Å². The quantitative estimate of drug-likeness (QED) is 0.916. The molecule has 1 aromatic carbocycles. The van der Waals surface area contributed by atoms with Gasteiger partial charge in [0.25, 0.3) is 0 Å². The SMILES string of the molecule is CCc1ccc(C(c2cccc(OC)c2)N2CCNCC2)s1. The van der Waals surface area contributed by atoms with E-state index in [9.17, 15) is 0 Å². The van der Waals surface area contributed by atoms with Crippen molar-refractivity contribution in [2.45, 2.75) is 19.4 Å². The smallest absolute Gasteiger partial charge is 0.119 e. The summed E-state index contributed by atoms with van der Waals surface area (Å²) in [4.78, 5) is 5.47. The van der Waals surface area contributed by atoms with Gasteiger partial charge in [0, 0.05) is 35.9 Å². The van der Waals surface area contributed by atoms with Crippen molar-refractivity contribution in [2.75, 3.05) is 33.3 Å². The molecule has 0 radical (unpaired) electrons. The lowest BCUT2D eigenvalue weighted by Gasteiger charge is -2.35. The number of nitrogens with one attached hydrogen (secondary N) is 1. The van der Waals surface area contributed by atoms with Crippen molar-refractivity contribution in [3.05, 3.63) is 51.7 Å². The van der Waals surface area contributed by atoms with E-state index in [2.05, 4.69) is 47.5 Å². The Morgan fingerprint density at radius 3 is 2.73 bits per heavy atom. The van der Waals surface area contributed by atoms with Crippen molar-refractivity contribution < 1.29 is 4.74 Å². The van der Waals surface area contributed by atoms with Gasteiger partial charge in [0.1, 0.15) is 5.75 Å². The molecule has 2 aromatic rings. The van der Waals surface area contributed by atoms with Crippen molar-refractivity contribution >= 4 is 11.3 Å². The minimum Gasteiger partial charge on any atom is -0.497 e. The summed E-state index contributed by atoms with van der Waals surface area (Å²) in [6.45, 7) is 6.52. The maximum atomic E-state index is 5.43. The molecule has 0 amide bonds. The Bertz CT molecular complexity index is 605. The van der Waals surface area contributed by atoms with Crippen molar-refractivity contribution in [1.82, 2.24) is 10.2 Å². The van der Waals surface area contributed by atoms with Gasteiger partial charge in [-0.05, 0) is 36.2 Å². The van der Waals surface area contributed by atoms with E-state index < -0.39 is 0 Å². The normalized spacial score (nSPS) is 17.4. The number of thiophene rings is 1. The van der Waals surface area contributed by atoms with Crippen LogP contribution >= 0.6 is 11.3 Å². The zero-order chi connectivity index (χ0) is 15.4. The lowest BCUT2D eigenvalue weighted by molar-refractivity contribution is 0.200. The molecule has 3 rings (SSSR count). The number of rotatable bonds is 5. The third-order valence-electron chi connectivity index (χ3n) is 4.23. The van der Waals surface area contributed by atoms with Crippen LogP contribution in [0.3, 0.4) is 0 Å². The van der Waals surface area contributed by atoms with Gasteiger partial charge in [0.05, 0.1) is 13.2 Å². The van der Waals surface area contributed by atoms with Gasteiger partial charge in [-0.25, -0.2) is 0 Å². The molecular formula is C18H24N2OS. The van der Waals surface area contributed by atoms with Crippen LogP contribution in [0.15, 0.2) is 36.4 Å². The predicted octanol–water partition coefficient (Wildman–Crippen LogP) is 3.31. The van der Waals surface area contributed by atoms with E-state index in [1.807, 2.05) is 17.4 Å². The van der Waals surface area contributed by atoms with E-state index in [1.165, 1.54) is 15.3 Å². The van der Waals surface area contributed by atoms with Gasteiger partial charge in [0.2, 0.25) is 0 Å². The van der Waals surface area contributed by atoms with Crippen LogP contribution in [0.25, 0.3) is 0 Å². The van der Waals surface area contributed by atoms with Crippen LogP contribution in [0.5, 0.6) is 5.75 Å². The van der Waals surface area contributed by atoms with E-state index in [1.54, 1.807) is 7.11 Å². The Hall–Kier alpha value is -1.36. The number of hydrogen-bond donors (Lipinski definition) is 1. The number of piperazine rings is 1. The average molecular weight is 316 g/mol. The highest BCUT2D eigenvalue weighted by molar-refractivity contribution is 7.12. The van der Waals surface area contributed by atoms with E-state index in [0.29, 0.717) is 6.04 Å². The lowest BCUT2D eigenvalue weighted by Crippen LogP contribution is -2.45. The summed E-state index contributed by atoms with van der Waals surface area (Å²) in [6, 6.07) is 13.4. The maximum Gasteiger partial charge on any atom is 0.119 e. The Balaban J connectivity index is 1.97. The minimum absolute atomic E-state index is 0.336. The largest absolute Gasteiger partial charge is 0.497 e. The number of aryl methyl sites for hydroxylation is 1. The van der Waals surface area contributed by atoms with E-state index in [-0.39, 0.29) is 0 Å². The maximum absolute atomic E-state index is 5.43. The summed E-state index contributed by atoms with van der Waals surface area (Å²) in [5, 5.41) is 3.45. The first kappa shape index (κ1) is 15.5. The van der Waals surface area contributed by atoms with E-state index >= 15 is 0 Å². The van der Waals surface area contributed by atoms with Gasteiger partial charge in [-0.2, -0.15) is 0 Å². The van der Waals surface area contributed by atoms with Crippen molar-refractivity contribution in [3.8, 4) is 5.75 Å². The summed E-state index contributed by atoms with van der Waals surface area (Å²) in [5.74, 6) is 0.935. The van der Waals surface area contributed by atoms with Crippen LogP contribution in [0.1, 0.15) is 28.3 Å². The number of nitrogens with zero attached hydrogens (tertiary/aromatic N) is 1. The van der Waals surface area contributed by atoms with Crippen LogP contribution in [-0.2, 0) is 6.42 Å². The van der Waals surface area contributed by atoms with Gasteiger partial charge in [0.15, 0.2) is 0 Å². The van der Waals surface area contributed by atoms with Crippen molar-refractivity contribution in [1.29, 1.82) is 0 Å². The molecule has 2 heterocycles.